The third kappa shape index (κ3) is 3.31. The van der Waals surface area contributed by atoms with Gasteiger partial charge in [-0.25, -0.2) is 0 Å². The molecule has 0 saturated heterocycles. The van der Waals surface area contributed by atoms with E-state index >= 15 is 0 Å². The zero-order valence-electron chi connectivity index (χ0n) is 12.7. The lowest BCUT2D eigenvalue weighted by Crippen LogP contribution is -2.58. The molecule has 2 aliphatic carbocycles. The Hall–Kier alpha value is -0.570. The van der Waals surface area contributed by atoms with Gasteiger partial charge in [0, 0.05) is 6.04 Å². The summed E-state index contributed by atoms with van der Waals surface area (Å²) in [6.45, 7) is 4.54. The lowest BCUT2D eigenvalue weighted by atomic mass is 9.71. The molecular weight excluding hydrogens is 238 g/mol. The molecule has 2 unspecified atom stereocenters. The average Bonchev–Trinajstić information content (AvgIpc) is 2.90. The Morgan fingerprint density at radius 2 is 1.89 bits per heavy atom. The van der Waals surface area contributed by atoms with Crippen molar-refractivity contribution in [2.75, 3.05) is 7.11 Å². The number of hydrogen-bond donors (Lipinski definition) is 1. The quantitative estimate of drug-likeness (QED) is 0.794. The van der Waals surface area contributed by atoms with Gasteiger partial charge < -0.3 is 4.74 Å². The van der Waals surface area contributed by atoms with Crippen LogP contribution in [0.2, 0.25) is 0 Å². The van der Waals surface area contributed by atoms with E-state index in [2.05, 4.69) is 19.2 Å². The van der Waals surface area contributed by atoms with Gasteiger partial charge in [-0.15, -0.1) is 0 Å². The van der Waals surface area contributed by atoms with Crippen molar-refractivity contribution < 1.29 is 9.53 Å². The van der Waals surface area contributed by atoms with Crippen LogP contribution in [-0.4, -0.2) is 24.7 Å². The van der Waals surface area contributed by atoms with Crippen LogP contribution in [0.3, 0.4) is 0 Å². The van der Waals surface area contributed by atoms with Crippen LogP contribution in [0.1, 0.15) is 65.2 Å². The third-order valence-corrected chi connectivity index (χ3v) is 5.14. The molecule has 0 aromatic rings. The van der Waals surface area contributed by atoms with Crippen LogP contribution in [0.5, 0.6) is 0 Å². The van der Waals surface area contributed by atoms with Crippen molar-refractivity contribution in [3.63, 3.8) is 0 Å². The molecule has 0 heterocycles. The molecule has 2 rings (SSSR count). The highest BCUT2D eigenvalue weighted by Crippen LogP contribution is 2.38. The van der Waals surface area contributed by atoms with E-state index in [4.69, 9.17) is 4.74 Å². The molecule has 0 aromatic heterocycles. The van der Waals surface area contributed by atoms with Crippen LogP contribution in [0.15, 0.2) is 0 Å². The predicted octanol–water partition coefficient (Wildman–Crippen LogP) is 3.28. The topological polar surface area (TPSA) is 38.3 Å². The van der Waals surface area contributed by atoms with E-state index in [0.29, 0.717) is 17.9 Å². The van der Waals surface area contributed by atoms with E-state index < -0.39 is 5.54 Å². The summed E-state index contributed by atoms with van der Waals surface area (Å²) in [5, 5.41) is 3.69. The largest absolute Gasteiger partial charge is 0.468 e. The van der Waals surface area contributed by atoms with Crippen LogP contribution >= 0.6 is 0 Å². The fourth-order valence-electron chi connectivity index (χ4n) is 3.92. The number of hydrogen-bond acceptors (Lipinski definition) is 3. The molecule has 0 bridgehead atoms. The maximum atomic E-state index is 12.4. The van der Waals surface area contributed by atoms with Gasteiger partial charge in [0.25, 0.3) is 0 Å². The minimum Gasteiger partial charge on any atom is -0.468 e. The summed E-state index contributed by atoms with van der Waals surface area (Å²) in [5.41, 5.74) is -0.406. The Morgan fingerprint density at radius 1 is 1.21 bits per heavy atom. The zero-order valence-corrected chi connectivity index (χ0v) is 12.7. The van der Waals surface area contributed by atoms with E-state index in [9.17, 15) is 4.79 Å². The first-order valence-electron chi connectivity index (χ1n) is 7.93. The lowest BCUT2D eigenvalue weighted by molar-refractivity contribution is -0.151. The highest BCUT2D eigenvalue weighted by Gasteiger charge is 2.45. The van der Waals surface area contributed by atoms with Crippen molar-refractivity contribution in [3.8, 4) is 0 Å². The zero-order chi connectivity index (χ0) is 13.9. The number of rotatable bonds is 4. The summed E-state index contributed by atoms with van der Waals surface area (Å²) >= 11 is 0. The van der Waals surface area contributed by atoms with Gasteiger partial charge in [-0.3, -0.25) is 10.1 Å². The number of carbonyl (C=O) groups excluding carboxylic acids is 1. The Labute approximate surface area is 117 Å². The van der Waals surface area contributed by atoms with Gasteiger partial charge in [0.1, 0.15) is 5.54 Å². The van der Waals surface area contributed by atoms with Gasteiger partial charge in [-0.2, -0.15) is 0 Å². The molecular formula is C16H29NO2. The van der Waals surface area contributed by atoms with Gasteiger partial charge in [-0.05, 0) is 37.5 Å². The minimum atomic E-state index is -0.406. The number of carbonyl (C=O) groups is 1. The van der Waals surface area contributed by atoms with Crippen LogP contribution in [0.4, 0.5) is 0 Å². The molecule has 0 radical (unpaired) electrons. The van der Waals surface area contributed by atoms with E-state index in [0.717, 1.165) is 19.3 Å². The molecule has 0 aliphatic heterocycles. The highest BCUT2D eigenvalue weighted by molar-refractivity contribution is 5.81. The van der Waals surface area contributed by atoms with Crippen molar-refractivity contribution in [2.24, 2.45) is 11.8 Å². The first-order valence-corrected chi connectivity index (χ1v) is 7.93. The Bertz CT molecular complexity index is 306. The molecule has 2 aliphatic rings. The van der Waals surface area contributed by atoms with E-state index in [1.54, 1.807) is 0 Å². The SMILES string of the molecule is COC(=O)C1(NC2CCCC2)CCCC(C(C)C)C1. The standard InChI is InChI=1S/C16H29NO2/c1-12(2)13-7-6-10-16(11-13,15(18)19-3)17-14-8-4-5-9-14/h12-14,17H,4-11H2,1-3H3. The molecule has 2 fully saturated rings. The van der Waals surface area contributed by atoms with Crippen LogP contribution in [0, 0.1) is 11.8 Å². The van der Waals surface area contributed by atoms with Gasteiger partial charge in [0.15, 0.2) is 0 Å². The summed E-state index contributed by atoms with van der Waals surface area (Å²) in [6, 6.07) is 0.519. The average molecular weight is 267 g/mol. The van der Waals surface area contributed by atoms with Crippen LogP contribution in [0.25, 0.3) is 0 Å². The Kier molecular flexibility index (Phi) is 4.88. The first kappa shape index (κ1) is 14.8. The van der Waals surface area contributed by atoms with Gasteiger partial charge in [0.2, 0.25) is 0 Å². The number of methoxy groups -OCH3 is 1. The minimum absolute atomic E-state index is 0.0373. The first-order chi connectivity index (χ1) is 9.07. The number of esters is 1. The molecule has 0 aromatic carbocycles. The maximum absolute atomic E-state index is 12.4. The van der Waals surface area contributed by atoms with Gasteiger partial charge in [0.05, 0.1) is 7.11 Å². The summed E-state index contributed by atoms with van der Waals surface area (Å²) < 4.78 is 5.13. The summed E-state index contributed by atoms with van der Waals surface area (Å²) in [6.07, 6.45) is 9.30. The molecule has 19 heavy (non-hydrogen) atoms. The summed E-state index contributed by atoms with van der Waals surface area (Å²) in [4.78, 5) is 12.4. The van der Waals surface area contributed by atoms with Gasteiger partial charge in [-0.1, -0.05) is 39.5 Å². The Balaban J connectivity index is 2.11. The summed E-state index contributed by atoms with van der Waals surface area (Å²) in [5.74, 6) is 1.25. The second kappa shape index (κ2) is 6.25. The molecule has 0 amide bonds. The fraction of sp³-hybridized carbons (Fsp3) is 0.938. The molecule has 2 saturated carbocycles. The van der Waals surface area contributed by atoms with Crippen molar-refractivity contribution in [1.29, 1.82) is 0 Å². The molecule has 3 heteroatoms. The van der Waals surface area contributed by atoms with E-state index in [1.165, 1.54) is 39.2 Å². The predicted molar refractivity (Wildman–Crippen MR) is 76.9 cm³/mol. The second-order valence-corrected chi connectivity index (χ2v) is 6.80. The molecule has 2 atom stereocenters. The Morgan fingerprint density at radius 3 is 2.47 bits per heavy atom. The molecule has 110 valence electrons. The van der Waals surface area contributed by atoms with E-state index in [-0.39, 0.29) is 5.97 Å². The second-order valence-electron chi connectivity index (χ2n) is 6.80. The van der Waals surface area contributed by atoms with Crippen LogP contribution < -0.4 is 5.32 Å². The third-order valence-electron chi connectivity index (χ3n) is 5.14. The van der Waals surface area contributed by atoms with Crippen molar-refractivity contribution >= 4 is 5.97 Å². The molecule has 0 spiro atoms. The van der Waals surface area contributed by atoms with E-state index in [1.807, 2.05) is 0 Å². The molecule has 1 N–H and O–H groups in total. The fourth-order valence-corrected chi connectivity index (χ4v) is 3.92. The van der Waals surface area contributed by atoms with Crippen LogP contribution in [-0.2, 0) is 9.53 Å². The van der Waals surface area contributed by atoms with Crippen molar-refractivity contribution in [2.45, 2.75) is 76.8 Å². The monoisotopic (exact) mass is 267 g/mol. The number of ether oxygens (including phenoxy) is 1. The maximum Gasteiger partial charge on any atom is 0.326 e. The smallest absolute Gasteiger partial charge is 0.326 e. The van der Waals surface area contributed by atoms with Gasteiger partial charge >= 0.3 is 5.97 Å². The summed E-state index contributed by atoms with van der Waals surface area (Å²) in [7, 11) is 1.53. The van der Waals surface area contributed by atoms with Crippen molar-refractivity contribution in [3.05, 3.63) is 0 Å². The van der Waals surface area contributed by atoms with Crippen molar-refractivity contribution in [1.82, 2.24) is 5.32 Å². The lowest BCUT2D eigenvalue weighted by Gasteiger charge is -2.42. The number of nitrogens with one attached hydrogen (secondary N) is 1. The highest BCUT2D eigenvalue weighted by atomic mass is 16.5. The molecule has 3 nitrogen and oxygen atoms in total. The normalized spacial score (nSPS) is 32.7.